The molecule has 0 atom stereocenters. The molecule has 0 amide bonds. The molecule has 0 saturated heterocycles. The zero-order valence-corrected chi connectivity index (χ0v) is 11.9. The number of nitrogens with zero attached hydrogens (tertiary/aromatic N) is 1. The van der Waals surface area contributed by atoms with Gasteiger partial charge in [0.1, 0.15) is 0 Å². The summed E-state index contributed by atoms with van der Waals surface area (Å²) in [4.78, 5) is 3.88. The van der Waals surface area contributed by atoms with E-state index in [9.17, 15) is 13.2 Å². The fourth-order valence-corrected chi connectivity index (χ4v) is 2.40. The minimum Gasteiger partial charge on any atom is -0.354 e. The van der Waals surface area contributed by atoms with E-state index in [1.54, 1.807) is 36.4 Å². The van der Waals surface area contributed by atoms with Crippen LogP contribution in [0.5, 0.6) is 0 Å². The molecule has 0 radical (unpaired) electrons. The second-order valence-corrected chi connectivity index (χ2v) is 5.07. The van der Waals surface area contributed by atoms with Gasteiger partial charge >= 0.3 is 6.18 Å². The van der Waals surface area contributed by atoms with Gasteiger partial charge < -0.3 is 5.32 Å². The fraction of sp³-hybridized carbons (Fsp3) is 0.0625. The lowest BCUT2D eigenvalue weighted by Gasteiger charge is -2.14. The summed E-state index contributed by atoms with van der Waals surface area (Å²) >= 11 is 6.07. The van der Waals surface area contributed by atoms with Crippen LogP contribution in [0, 0.1) is 0 Å². The van der Waals surface area contributed by atoms with Crippen molar-refractivity contribution in [3.63, 3.8) is 0 Å². The van der Waals surface area contributed by atoms with E-state index in [1.807, 2.05) is 0 Å². The number of hydrogen-bond donors (Lipinski definition) is 1. The summed E-state index contributed by atoms with van der Waals surface area (Å²) in [5.41, 5.74) is 0.290. The smallest absolute Gasteiger partial charge is 0.354 e. The number of halogens is 4. The van der Waals surface area contributed by atoms with Gasteiger partial charge in [-0.2, -0.15) is 13.2 Å². The molecule has 0 fully saturated rings. The van der Waals surface area contributed by atoms with Crippen LogP contribution in [0.4, 0.5) is 24.5 Å². The van der Waals surface area contributed by atoms with E-state index in [0.717, 1.165) is 6.07 Å². The number of anilines is 2. The van der Waals surface area contributed by atoms with Gasteiger partial charge in [-0.1, -0.05) is 35.9 Å². The van der Waals surface area contributed by atoms with Crippen LogP contribution in [0.2, 0.25) is 5.02 Å². The molecule has 2 nitrogen and oxygen atoms in total. The van der Waals surface area contributed by atoms with E-state index in [2.05, 4.69) is 10.3 Å². The maximum absolute atomic E-state index is 13.1. The highest BCUT2D eigenvalue weighted by Gasteiger charge is 2.33. The SMILES string of the molecule is FC(F)(F)c1cccc2c(Nc3ccccc3Cl)ccnc12. The van der Waals surface area contributed by atoms with Crippen molar-refractivity contribution in [2.24, 2.45) is 0 Å². The Hall–Kier alpha value is -2.27. The number of aromatic nitrogens is 1. The van der Waals surface area contributed by atoms with Crippen molar-refractivity contribution in [1.29, 1.82) is 0 Å². The van der Waals surface area contributed by atoms with E-state index in [4.69, 9.17) is 11.6 Å². The first-order chi connectivity index (χ1) is 10.5. The maximum atomic E-state index is 13.1. The average molecular weight is 323 g/mol. The summed E-state index contributed by atoms with van der Waals surface area (Å²) in [5.74, 6) is 0. The van der Waals surface area contributed by atoms with Crippen molar-refractivity contribution < 1.29 is 13.2 Å². The summed E-state index contributed by atoms with van der Waals surface area (Å²) in [6.07, 6.45) is -3.10. The molecule has 1 aromatic heterocycles. The maximum Gasteiger partial charge on any atom is 0.418 e. The second kappa shape index (κ2) is 5.50. The number of benzene rings is 2. The number of pyridine rings is 1. The third-order valence-corrected chi connectivity index (χ3v) is 3.55. The Morgan fingerprint density at radius 1 is 0.909 bits per heavy atom. The zero-order chi connectivity index (χ0) is 15.7. The number of rotatable bonds is 2. The normalized spacial score (nSPS) is 11.6. The molecule has 0 saturated carbocycles. The zero-order valence-electron chi connectivity index (χ0n) is 11.2. The number of nitrogens with one attached hydrogen (secondary N) is 1. The molecule has 1 N–H and O–H groups in total. The molecular weight excluding hydrogens is 313 g/mol. The average Bonchev–Trinajstić information content (AvgIpc) is 2.48. The molecule has 0 aliphatic carbocycles. The van der Waals surface area contributed by atoms with E-state index in [1.165, 1.54) is 12.3 Å². The van der Waals surface area contributed by atoms with Crippen LogP contribution in [0.25, 0.3) is 10.9 Å². The van der Waals surface area contributed by atoms with E-state index in [0.29, 0.717) is 21.8 Å². The van der Waals surface area contributed by atoms with Crippen LogP contribution in [0.3, 0.4) is 0 Å². The Morgan fingerprint density at radius 2 is 1.68 bits per heavy atom. The molecule has 2 aromatic carbocycles. The quantitative estimate of drug-likeness (QED) is 0.659. The van der Waals surface area contributed by atoms with Crippen molar-refractivity contribution >= 4 is 33.9 Å². The number of fused-ring (bicyclic) bond motifs is 1. The van der Waals surface area contributed by atoms with Gasteiger partial charge in [0.25, 0.3) is 0 Å². The summed E-state index contributed by atoms with van der Waals surface area (Å²) < 4.78 is 39.2. The number of para-hydroxylation sites is 2. The Bertz CT molecular complexity index is 831. The van der Waals surface area contributed by atoms with Crippen LogP contribution in [0.1, 0.15) is 5.56 Å². The largest absolute Gasteiger partial charge is 0.418 e. The second-order valence-electron chi connectivity index (χ2n) is 4.66. The lowest BCUT2D eigenvalue weighted by molar-refractivity contribution is -0.136. The van der Waals surface area contributed by atoms with Crippen LogP contribution in [0.15, 0.2) is 54.7 Å². The van der Waals surface area contributed by atoms with Crippen molar-refractivity contribution in [3.8, 4) is 0 Å². The Balaban J connectivity index is 2.14. The summed E-state index contributed by atoms with van der Waals surface area (Å²) in [7, 11) is 0. The minimum atomic E-state index is -4.45. The molecule has 0 aliphatic rings. The van der Waals surface area contributed by atoms with Crippen LogP contribution in [-0.2, 0) is 6.18 Å². The van der Waals surface area contributed by atoms with E-state index >= 15 is 0 Å². The van der Waals surface area contributed by atoms with Crippen molar-refractivity contribution in [2.75, 3.05) is 5.32 Å². The van der Waals surface area contributed by atoms with Crippen molar-refractivity contribution in [1.82, 2.24) is 4.98 Å². The fourth-order valence-electron chi connectivity index (χ4n) is 2.22. The van der Waals surface area contributed by atoms with Crippen LogP contribution < -0.4 is 5.32 Å². The van der Waals surface area contributed by atoms with E-state index in [-0.39, 0.29) is 5.52 Å². The number of hydrogen-bond acceptors (Lipinski definition) is 2. The molecule has 112 valence electrons. The first kappa shape index (κ1) is 14.7. The van der Waals surface area contributed by atoms with Crippen LogP contribution >= 0.6 is 11.6 Å². The van der Waals surface area contributed by atoms with Gasteiger partial charge in [-0.25, -0.2) is 0 Å². The highest BCUT2D eigenvalue weighted by Crippen LogP contribution is 2.36. The van der Waals surface area contributed by atoms with Gasteiger partial charge in [0.05, 0.1) is 21.8 Å². The molecule has 22 heavy (non-hydrogen) atoms. The molecule has 0 unspecified atom stereocenters. The predicted molar refractivity (Wildman–Crippen MR) is 81.5 cm³/mol. The summed E-state index contributed by atoms with van der Waals surface area (Å²) in [6.45, 7) is 0. The lowest BCUT2D eigenvalue weighted by atomic mass is 10.1. The molecule has 3 aromatic rings. The molecule has 1 heterocycles. The third-order valence-electron chi connectivity index (χ3n) is 3.22. The molecule has 6 heteroatoms. The molecule has 0 bridgehead atoms. The number of alkyl halides is 3. The van der Waals surface area contributed by atoms with Gasteiger partial charge in [0.2, 0.25) is 0 Å². The minimum absolute atomic E-state index is 0.0907. The van der Waals surface area contributed by atoms with Gasteiger partial charge in [0.15, 0.2) is 0 Å². The van der Waals surface area contributed by atoms with Crippen LogP contribution in [-0.4, -0.2) is 4.98 Å². The third kappa shape index (κ3) is 2.72. The molecule has 0 spiro atoms. The Morgan fingerprint density at radius 3 is 2.41 bits per heavy atom. The summed E-state index contributed by atoms with van der Waals surface area (Å²) in [6, 6.07) is 12.6. The predicted octanol–water partition coefficient (Wildman–Crippen LogP) is 5.65. The van der Waals surface area contributed by atoms with Gasteiger partial charge in [-0.15, -0.1) is 0 Å². The monoisotopic (exact) mass is 322 g/mol. The van der Waals surface area contributed by atoms with Gasteiger partial charge in [0, 0.05) is 17.3 Å². The van der Waals surface area contributed by atoms with Crippen molar-refractivity contribution in [3.05, 3.63) is 65.3 Å². The van der Waals surface area contributed by atoms with Crippen molar-refractivity contribution in [2.45, 2.75) is 6.18 Å². The summed E-state index contributed by atoms with van der Waals surface area (Å²) in [5, 5.41) is 3.93. The highest BCUT2D eigenvalue weighted by molar-refractivity contribution is 6.33. The lowest BCUT2D eigenvalue weighted by Crippen LogP contribution is -2.07. The standard InChI is InChI=1S/C16H10ClF3N2/c17-12-6-1-2-7-14(12)22-13-8-9-21-15-10(13)4-3-5-11(15)16(18,19)20/h1-9H,(H,21,22). The highest BCUT2D eigenvalue weighted by atomic mass is 35.5. The first-order valence-corrected chi connectivity index (χ1v) is 6.81. The Labute approximate surface area is 129 Å². The molecule has 3 rings (SSSR count). The van der Waals surface area contributed by atoms with Gasteiger partial charge in [-0.3, -0.25) is 4.98 Å². The molecule has 0 aliphatic heterocycles. The molecular formula is C16H10ClF3N2. The first-order valence-electron chi connectivity index (χ1n) is 6.43. The Kier molecular flexibility index (Phi) is 3.66. The topological polar surface area (TPSA) is 24.9 Å². The van der Waals surface area contributed by atoms with E-state index < -0.39 is 11.7 Å². The van der Waals surface area contributed by atoms with Gasteiger partial charge in [-0.05, 0) is 24.3 Å².